The van der Waals surface area contributed by atoms with E-state index in [1.54, 1.807) is 6.20 Å². The first-order chi connectivity index (χ1) is 6.77. The van der Waals surface area contributed by atoms with Crippen LogP contribution in [0.5, 0.6) is 0 Å². The summed E-state index contributed by atoms with van der Waals surface area (Å²) in [6, 6.07) is 4.52. The van der Waals surface area contributed by atoms with Gasteiger partial charge in [0.25, 0.3) is 0 Å². The van der Waals surface area contributed by atoms with E-state index >= 15 is 0 Å². The molecule has 3 nitrogen and oxygen atoms in total. The third-order valence-electron chi connectivity index (χ3n) is 2.59. The second-order valence-corrected chi connectivity index (χ2v) is 4.73. The normalized spacial score (nSPS) is 21.1. The summed E-state index contributed by atoms with van der Waals surface area (Å²) in [4.78, 5) is 6.56. The highest BCUT2D eigenvalue weighted by Crippen LogP contribution is 2.24. The van der Waals surface area contributed by atoms with Gasteiger partial charge in [0.15, 0.2) is 0 Å². The highest BCUT2D eigenvalue weighted by Gasteiger charge is 2.20. The monoisotopic (exact) mass is 209 g/mol. The molecule has 1 aromatic rings. The zero-order valence-electron chi connectivity index (χ0n) is 8.31. The fourth-order valence-corrected chi connectivity index (χ4v) is 2.89. The molecule has 0 aliphatic carbocycles. The quantitative estimate of drug-likeness (QED) is 0.803. The van der Waals surface area contributed by atoms with E-state index in [9.17, 15) is 0 Å². The fourth-order valence-electron chi connectivity index (χ4n) is 1.62. The van der Waals surface area contributed by atoms with Crippen molar-refractivity contribution in [3.63, 3.8) is 0 Å². The topological polar surface area (TPSA) is 42.1 Å². The van der Waals surface area contributed by atoms with Crippen molar-refractivity contribution in [3.8, 4) is 0 Å². The van der Waals surface area contributed by atoms with Crippen molar-refractivity contribution >= 4 is 23.3 Å². The van der Waals surface area contributed by atoms with E-state index in [1.165, 1.54) is 17.9 Å². The number of hydrogen-bond donors (Lipinski definition) is 1. The minimum absolute atomic E-state index is 0.635. The fraction of sp³-hybridized carbons (Fsp3) is 0.500. The highest BCUT2D eigenvalue weighted by molar-refractivity contribution is 7.99. The second kappa shape index (κ2) is 4.09. The summed E-state index contributed by atoms with van der Waals surface area (Å²) in [6.45, 7) is 0. The SMILES string of the molecule is CN(c1ccc(N)cn1)[C@H]1CCSC1. The molecule has 1 atom stereocenters. The molecule has 1 aliphatic rings. The Hall–Kier alpha value is -0.900. The smallest absolute Gasteiger partial charge is 0.128 e. The van der Waals surface area contributed by atoms with E-state index in [0.29, 0.717) is 6.04 Å². The zero-order chi connectivity index (χ0) is 9.97. The van der Waals surface area contributed by atoms with Gasteiger partial charge in [-0.25, -0.2) is 4.98 Å². The molecule has 0 unspecified atom stereocenters. The Morgan fingerprint density at radius 1 is 1.57 bits per heavy atom. The molecular formula is C10H15N3S. The van der Waals surface area contributed by atoms with Gasteiger partial charge in [-0.1, -0.05) is 0 Å². The maximum Gasteiger partial charge on any atom is 0.128 e. The predicted octanol–water partition coefficient (Wildman–Crippen LogP) is 1.61. The number of nitrogens with two attached hydrogens (primary N) is 1. The summed E-state index contributed by atoms with van der Waals surface area (Å²) in [5.41, 5.74) is 6.32. The average molecular weight is 209 g/mol. The van der Waals surface area contributed by atoms with Gasteiger partial charge in [0.05, 0.1) is 11.9 Å². The second-order valence-electron chi connectivity index (χ2n) is 3.58. The van der Waals surface area contributed by atoms with E-state index in [-0.39, 0.29) is 0 Å². The van der Waals surface area contributed by atoms with Crippen molar-refractivity contribution in [1.29, 1.82) is 0 Å². The van der Waals surface area contributed by atoms with Crippen LogP contribution < -0.4 is 10.6 Å². The standard InChI is InChI=1S/C10H15N3S/c1-13(9-4-5-14-7-9)10-3-2-8(11)6-12-10/h2-3,6,9H,4-5,7,11H2,1H3/t9-/m0/s1. The molecule has 0 spiro atoms. The maximum absolute atomic E-state index is 5.60. The van der Waals surface area contributed by atoms with Crippen molar-refractivity contribution in [1.82, 2.24) is 4.98 Å². The van der Waals surface area contributed by atoms with Crippen LogP contribution in [0.2, 0.25) is 0 Å². The first-order valence-electron chi connectivity index (χ1n) is 4.79. The lowest BCUT2D eigenvalue weighted by Crippen LogP contribution is -2.31. The Morgan fingerprint density at radius 3 is 3.00 bits per heavy atom. The van der Waals surface area contributed by atoms with Crippen LogP contribution in [-0.2, 0) is 0 Å². The summed E-state index contributed by atoms with van der Waals surface area (Å²) in [6.07, 6.45) is 2.97. The first kappa shape index (κ1) is 9.65. The summed E-state index contributed by atoms with van der Waals surface area (Å²) >= 11 is 2.01. The largest absolute Gasteiger partial charge is 0.397 e. The molecule has 1 saturated heterocycles. The summed E-state index contributed by atoms with van der Waals surface area (Å²) < 4.78 is 0. The zero-order valence-corrected chi connectivity index (χ0v) is 9.13. The Bertz CT molecular complexity index is 293. The van der Waals surface area contributed by atoms with Gasteiger partial charge in [-0.3, -0.25) is 0 Å². The molecule has 2 rings (SSSR count). The van der Waals surface area contributed by atoms with Crippen LogP contribution in [0.1, 0.15) is 6.42 Å². The molecule has 2 N–H and O–H groups in total. The summed E-state index contributed by atoms with van der Waals surface area (Å²) in [5.74, 6) is 3.50. The lowest BCUT2D eigenvalue weighted by molar-refractivity contribution is 0.692. The van der Waals surface area contributed by atoms with Crippen LogP contribution in [0.25, 0.3) is 0 Å². The van der Waals surface area contributed by atoms with Crippen molar-refractivity contribution in [2.24, 2.45) is 0 Å². The van der Waals surface area contributed by atoms with Crippen molar-refractivity contribution in [2.75, 3.05) is 29.2 Å². The molecular weight excluding hydrogens is 194 g/mol. The Labute approximate surface area is 88.7 Å². The summed E-state index contributed by atoms with van der Waals surface area (Å²) in [5, 5.41) is 0. The van der Waals surface area contributed by atoms with Crippen molar-refractivity contribution in [3.05, 3.63) is 18.3 Å². The molecule has 4 heteroatoms. The molecule has 14 heavy (non-hydrogen) atoms. The van der Waals surface area contributed by atoms with Crippen LogP contribution in [-0.4, -0.2) is 29.6 Å². The van der Waals surface area contributed by atoms with Crippen LogP contribution in [0.4, 0.5) is 11.5 Å². The van der Waals surface area contributed by atoms with Crippen LogP contribution >= 0.6 is 11.8 Å². The van der Waals surface area contributed by atoms with Gasteiger partial charge in [-0.05, 0) is 24.3 Å². The predicted molar refractivity (Wildman–Crippen MR) is 62.8 cm³/mol. The van der Waals surface area contributed by atoms with Gasteiger partial charge in [0, 0.05) is 18.8 Å². The minimum atomic E-state index is 0.635. The highest BCUT2D eigenvalue weighted by atomic mass is 32.2. The molecule has 2 heterocycles. The molecule has 1 fully saturated rings. The third kappa shape index (κ3) is 1.95. The first-order valence-corrected chi connectivity index (χ1v) is 5.95. The number of aromatic nitrogens is 1. The van der Waals surface area contributed by atoms with E-state index in [2.05, 4.69) is 16.9 Å². The number of nitrogen functional groups attached to an aromatic ring is 1. The number of anilines is 2. The molecule has 0 saturated carbocycles. The Morgan fingerprint density at radius 2 is 2.43 bits per heavy atom. The van der Waals surface area contributed by atoms with E-state index in [4.69, 9.17) is 5.73 Å². The maximum atomic E-state index is 5.60. The third-order valence-corrected chi connectivity index (χ3v) is 3.73. The van der Waals surface area contributed by atoms with Gasteiger partial charge in [-0.15, -0.1) is 0 Å². The van der Waals surface area contributed by atoms with E-state index in [1.807, 2.05) is 23.9 Å². The van der Waals surface area contributed by atoms with Crippen LogP contribution in [0.15, 0.2) is 18.3 Å². The van der Waals surface area contributed by atoms with Gasteiger partial charge in [-0.2, -0.15) is 11.8 Å². The number of pyridine rings is 1. The molecule has 0 aromatic carbocycles. The molecule has 1 aliphatic heterocycles. The molecule has 0 amide bonds. The van der Waals surface area contributed by atoms with Gasteiger partial charge >= 0.3 is 0 Å². The number of thioether (sulfide) groups is 1. The van der Waals surface area contributed by atoms with Crippen LogP contribution in [0, 0.1) is 0 Å². The summed E-state index contributed by atoms with van der Waals surface area (Å²) in [7, 11) is 2.11. The van der Waals surface area contributed by atoms with Gasteiger partial charge in [0.2, 0.25) is 0 Å². The number of nitrogens with zero attached hydrogens (tertiary/aromatic N) is 2. The minimum Gasteiger partial charge on any atom is -0.397 e. The molecule has 76 valence electrons. The van der Waals surface area contributed by atoms with E-state index < -0.39 is 0 Å². The number of hydrogen-bond acceptors (Lipinski definition) is 4. The average Bonchev–Trinajstić information content (AvgIpc) is 2.71. The van der Waals surface area contributed by atoms with Crippen molar-refractivity contribution < 1.29 is 0 Å². The Balaban J connectivity index is 2.09. The lowest BCUT2D eigenvalue weighted by Gasteiger charge is -2.24. The van der Waals surface area contributed by atoms with E-state index in [0.717, 1.165) is 11.5 Å². The number of rotatable bonds is 2. The Kier molecular flexibility index (Phi) is 2.82. The van der Waals surface area contributed by atoms with Gasteiger partial charge < -0.3 is 10.6 Å². The molecule has 1 aromatic heterocycles. The van der Waals surface area contributed by atoms with Gasteiger partial charge in [0.1, 0.15) is 5.82 Å². The van der Waals surface area contributed by atoms with Crippen LogP contribution in [0.3, 0.4) is 0 Å². The van der Waals surface area contributed by atoms with Crippen molar-refractivity contribution in [2.45, 2.75) is 12.5 Å². The lowest BCUT2D eigenvalue weighted by atomic mass is 10.2. The molecule has 0 radical (unpaired) electrons. The molecule has 0 bridgehead atoms.